The summed E-state index contributed by atoms with van der Waals surface area (Å²) >= 11 is 0.939. The molecule has 1 aromatic carbocycles. The second kappa shape index (κ2) is 11.9. The zero-order chi connectivity index (χ0) is 26.4. The summed E-state index contributed by atoms with van der Waals surface area (Å²) in [7, 11) is 0. The van der Waals surface area contributed by atoms with E-state index in [1.54, 1.807) is 12.1 Å². The van der Waals surface area contributed by atoms with E-state index >= 15 is 0 Å². The molecule has 1 saturated heterocycles. The Bertz CT molecular complexity index is 1110. The van der Waals surface area contributed by atoms with Gasteiger partial charge in [-0.3, -0.25) is 19.2 Å². The molecule has 2 heterocycles. The Balaban J connectivity index is 1.99. The van der Waals surface area contributed by atoms with E-state index in [2.05, 4.69) is 10.2 Å². The van der Waals surface area contributed by atoms with Crippen LogP contribution in [0.3, 0.4) is 0 Å². The van der Waals surface area contributed by atoms with Crippen molar-refractivity contribution in [3.05, 3.63) is 30.3 Å². The van der Waals surface area contributed by atoms with Gasteiger partial charge in [0, 0.05) is 33.3 Å². The molecule has 3 rings (SSSR count). The largest absolute Gasteiger partial charge is 0.463 e. The van der Waals surface area contributed by atoms with E-state index in [9.17, 15) is 19.2 Å². The first-order valence-corrected chi connectivity index (χ1v) is 11.7. The van der Waals surface area contributed by atoms with E-state index in [0.29, 0.717) is 11.4 Å². The van der Waals surface area contributed by atoms with Crippen molar-refractivity contribution < 1.29 is 42.9 Å². The first kappa shape index (κ1) is 26.9. The number of esters is 4. The predicted octanol–water partition coefficient (Wildman–Crippen LogP) is 0.834. The second-order valence-corrected chi connectivity index (χ2v) is 8.79. The van der Waals surface area contributed by atoms with Gasteiger partial charge in [-0.2, -0.15) is 0 Å². The number of nitrogen functional groups attached to an aromatic ring is 1. The van der Waals surface area contributed by atoms with Crippen LogP contribution in [0.4, 0.5) is 0 Å². The Morgan fingerprint density at radius 3 is 2.06 bits per heavy atom. The fourth-order valence-corrected chi connectivity index (χ4v) is 4.57. The molecule has 5 atom stereocenters. The molecule has 0 aliphatic carbocycles. The van der Waals surface area contributed by atoms with Crippen LogP contribution in [0.1, 0.15) is 27.7 Å². The molecule has 2 aromatic rings. The van der Waals surface area contributed by atoms with Gasteiger partial charge < -0.3 is 29.5 Å². The lowest BCUT2D eigenvalue weighted by Crippen LogP contribution is -2.61. The normalized spacial score (nSPS) is 23.4. The fourth-order valence-electron chi connectivity index (χ4n) is 3.53. The average molecular weight is 523 g/mol. The van der Waals surface area contributed by atoms with Crippen molar-refractivity contribution in [1.29, 1.82) is 0 Å². The molecule has 194 valence electrons. The molecule has 0 radical (unpaired) electrons. The molecular weight excluding hydrogens is 496 g/mol. The van der Waals surface area contributed by atoms with Crippen molar-refractivity contribution in [3.8, 4) is 11.4 Å². The summed E-state index contributed by atoms with van der Waals surface area (Å²) < 4.78 is 28.6. The van der Waals surface area contributed by atoms with Crippen LogP contribution in [-0.4, -0.2) is 75.2 Å². The number of ether oxygens (including phenoxy) is 5. The van der Waals surface area contributed by atoms with Crippen LogP contribution in [0.25, 0.3) is 11.4 Å². The molecule has 36 heavy (non-hydrogen) atoms. The topological polar surface area (TPSA) is 171 Å². The van der Waals surface area contributed by atoms with Gasteiger partial charge in [-0.15, -0.1) is 10.2 Å². The molecule has 1 aromatic heterocycles. The number of carbonyl (C=O) groups is 4. The van der Waals surface area contributed by atoms with Crippen LogP contribution in [0.5, 0.6) is 0 Å². The predicted molar refractivity (Wildman–Crippen MR) is 123 cm³/mol. The van der Waals surface area contributed by atoms with Crippen molar-refractivity contribution in [2.45, 2.75) is 62.7 Å². The molecule has 0 saturated carbocycles. The first-order valence-electron chi connectivity index (χ1n) is 10.8. The maximum absolute atomic E-state index is 12.0. The molecule has 14 heteroatoms. The Labute approximate surface area is 210 Å². The van der Waals surface area contributed by atoms with Gasteiger partial charge in [-0.25, -0.2) is 4.68 Å². The minimum Gasteiger partial charge on any atom is -0.463 e. The Hall–Kier alpha value is -3.65. The maximum Gasteiger partial charge on any atom is 0.303 e. The van der Waals surface area contributed by atoms with Crippen molar-refractivity contribution in [1.82, 2.24) is 14.9 Å². The summed E-state index contributed by atoms with van der Waals surface area (Å²) in [6, 6.07) is 9.08. The molecule has 1 fully saturated rings. The highest BCUT2D eigenvalue weighted by Crippen LogP contribution is 2.37. The minimum absolute atomic E-state index is 0.190. The van der Waals surface area contributed by atoms with Crippen LogP contribution >= 0.6 is 11.8 Å². The van der Waals surface area contributed by atoms with Gasteiger partial charge in [-0.05, 0) is 11.8 Å². The number of hydrogen-bond acceptors (Lipinski definition) is 13. The lowest BCUT2D eigenvalue weighted by Gasteiger charge is -2.43. The fraction of sp³-hybridized carbons (Fsp3) is 0.455. The smallest absolute Gasteiger partial charge is 0.303 e. The highest BCUT2D eigenvalue weighted by molar-refractivity contribution is 7.99. The summed E-state index contributed by atoms with van der Waals surface area (Å²) in [4.78, 5) is 47.2. The lowest BCUT2D eigenvalue weighted by molar-refractivity contribution is -0.237. The zero-order valence-electron chi connectivity index (χ0n) is 20.0. The number of nitrogens with zero attached hydrogens (tertiary/aromatic N) is 3. The van der Waals surface area contributed by atoms with Crippen LogP contribution in [0.15, 0.2) is 35.5 Å². The van der Waals surface area contributed by atoms with E-state index in [1.165, 1.54) is 11.6 Å². The van der Waals surface area contributed by atoms with Gasteiger partial charge in [0.05, 0.1) is 0 Å². The van der Waals surface area contributed by atoms with Crippen molar-refractivity contribution in [2.24, 2.45) is 0 Å². The highest BCUT2D eigenvalue weighted by Gasteiger charge is 2.52. The SMILES string of the molecule is CC(=O)OCC1O[C@@H](Sc2nnc(-c3ccccc3)n2N)[C@@H](OC(C)=O)C(OC(C)=O)[C@@H]1OC(C)=O. The van der Waals surface area contributed by atoms with Gasteiger partial charge in [0.25, 0.3) is 0 Å². The Morgan fingerprint density at radius 1 is 0.889 bits per heavy atom. The van der Waals surface area contributed by atoms with E-state index in [-0.39, 0.29) is 11.8 Å². The number of carbonyl (C=O) groups excluding carboxylic acids is 4. The van der Waals surface area contributed by atoms with E-state index in [0.717, 1.165) is 32.5 Å². The van der Waals surface area contributed by atoms with Gasteiger partial charge >= 0.3 is 23.9 Å². The third-order valence-electron chi connectivity index (χ3n) is 4.87. The minimum atomic E-state index is -1.29. The van der Waals surface area contributed by atoms with E-state index in [4.69, 9.17) is 29.5 Å². The molecule has 0 spiro atoms. The third-order valence-corrected chi connectivity index (χ3v) is 5.97. The first-order chi connectivity index (χ1) is 17.1. The number of thioether (sulfide) groups is 1. The number of nitrogens with two attached hydrogens (primary N) is 1. The van der Waals surface area contributed by atoms with Crippen molar-refractivity contribution in [3.63, 3.8) is 0 Å². The number of hydrogen-bond donors (Lipinski definition) is 1. The molecule has 2 unspecified atom stereocenters. The Morgan fingerprint density at radius 2 is 1.47 bits per heavy atom. The zero-order valence-corrected chi connectivity index (χ0v) is 20.8. The van der Waals surface area contributed by atoms with Crippen LogP contribution in [0, 0.1) is 0 Å². The van der Waals surface area contributed by atoms with Gasteiger partial charge in [0.15, 0.2) is 29.6 Å². The van der Waals surface area contributed by atoms with E-state index in [1.807, 2.05) is 18.2 Å². The molecule has 1 aliphatic rings. The van der Waals surface area contributed by atoms with Crippen LogP contribution in [0.2, 0.25) is 0 Å². The standard InChI is InChI=1S/C22H26N4O9S/c1-11(27)31-10-16-17(32-12(2)28)18(33-13(3)29)19(34-14(4)30)21(35-16)36-22-25-24-20(26(22)23)15-8-6-5-7-9-15/h5-9,16-19,21H,10,23H2,1-4H3/t16?,17-,18?,19+,21+/m1/s1. The third kappa shape index (κ3) is 6.73. The molecular formula is C22H26N4O9S. The summed E-state index contributed by atoms with van der Waals surface area (Å²) in [5.41, 5.74) is -0.360. The van der Waals surface area contributed by atoms with Gasteiger partial charge in [-0.1, -0.05) is 30.3 Å². The molecule has 0 amide bonds. The van der Waals surface area contributed by atoms with Gasteiger partial charge in [0.1, 0.15) is 12.7 Å². The van der Waals surface area contributed by atoms with Crippen molar-refractivity contribution in [2.75, 3.05) is 12.4 Å². The summed E-state index contributed by atoms with van der Waals surface area (Å²) in [6.07, 6.45) is -4.85. The number of benzene rings is 1. The summed E-state index contributed by atoms with van der Waals surface area (Å²) in [6.45, 7) is 4.33. The van der Waals surface area contributed by atoms with Crippen molar-refractivity contribution >= 4 is 35.6 Å². The number of aromatic nitrogens is 3. The van der Waals surface area contributed by atoms with Crippen LogP contribution in [-0.2, 0) is 42.9 Å². The molecule has 2 N–H and O–H groups in total. The lowest BCUT2D eigenvalue weighted by atomic mass is 9.99. The summed E-state index contributed by atoms with van der Waals surface area (Å²) in [5, 5.41) is 8.41. The number of rotatable bonds is 8. The maximum atomic E-state index is 12.0. The second-order valence-electron chi connectivity index (χ2n) is 7.73. The molecule has 0 bridgehead atoms. The monoisotopic (exact) mass is 522 g/mol. The molecule has 1 aliphatic heterocycles. The Kier molecular flexibility index (Phi) is 8.88. The quantitative estimate of drug-likeness (QED) is 0.294. The highest BCUT2D eigenvalue weighted by atomic mass is 32.2. The average Bonchev–Trinajstić information content (AvgIpc) is 3.16. The van der Waals surface area contributed by atoms with Gasteiger partial charge in [0.2, 0.25) is 5.16 Å². The summed E-state index contributed by atoms with van der Waals surface area (Å²) in [5.74, 6) is 3.84. The van der Waals surface area contributed by atoms with Crippen LogP contribution < -0.4 is 5.84 Å². The van der Waals surface area contributed by atoms with E-state index < -0.39 is 53.7 Å². The molecule has 13 nitrogen and oxygen atoms in total.